The third-order valence-corrected chi connectivity index (χ3v) is 3.82. The van der Waals surface area contributed by atoms with Crippen LogP contribution in [0.1, 0.15) is 16.8 Å². The van der Waals surface area contributed by atoms with Crippen molar-refractivity contribution in [3.05, 3.63) is 29.6 Å². The van der Waals surface area contributed by atoms with Crippen LogP contribution in [0.15, 0.2) is 18.2 Å². The fourth-order valence-electron chi connectivity index (χ4n) is 1.98. The second kappa shape index (κ2) is 5.06. The molecule has 1 aliphatic rings. The van der Waals surface area contributed by atoms with Gasteiger partial charge in [-0.3, -0.25) is 4.79 Å². The van der Waals surface area contributed by atoms with Gasteiger partial charge in [-0.15, -0.1) is 0 Å². The molecule has 18 heavy (non-hydrogen) atoms. The zero-order chi connectivity index (χ0) is 13.3. The van der Waals surface area contributed by atoms with E-state index in [4.69, 9.17) is 5.11 Å². The summed E-state index contributed by atoms with van der Waals surface area (Å²) >= 11 is 3.30. The van der Waals surface area contributed by atoms with Crippen LogP contribution in [0.25, 0.3) is 0 Å². The molecule has 1 aromatic rings. The Morgan fingerprint density at radius 1 is 1.56 bits per heavy atom. The van der Waals surface area contributed by atoms with Gasteiger partial charge < -0.3 is 10.0 Å². The van der Waals surface area contributed by atoms with E-state index in [-0.39, 0.29) is 23.1 Å². The number of carboxylic acid groups (broad SMARTS) is 1. The first-order valence-corrected chi connectivity index (χ1v) is 6.54. The second-order valence-electron chi connectivity index (χ2n) is 4.20. The van der Waals surface area contributed by atoms with Crippen LogP contribution in [0.2, 0.25) is 0 Å². The summed E-state index contributed by atoms with van der Waals surface area (Å²) in [4.78, 5) is 23.8. The Morgan fingerprint density at radius 2 is 2.28 bits per heavy atom. The first-order chi connectivity index (χ1) is 8.52. The summed E-state index contributed by atoms with van der Waals surface area (Å²) in [6, 6.07) is 3.58. The maximum absolute atomic E-state index is 13.8. The van der Waals surface area contributed by atoms with Crippen molar-refractivity contribution in [1.82, 2.24) is 0 Å². The van der Waals surface area contributed by atoms with E-state index in [9.17, 15) is 14.0 Å². The summed E-state index contributed by atoms with van der Waals surface area (Å²) in [5.74, 6) is -1.84. The number of rotatable bonds is 3. The van der Waals surface area contributed by atoms with E-state index in [1.165, 1.54) is 17.0 Å². The van der Waals surface area contributed by atoms with E-state index in [0.717, 1.165) is 6.07 Å². The van der Waals surface area contributed by atoms with Gasteiger partial charge in [-0.2, -0.15) is 0 Å². The maximum atomic E-state index is 13.8. The van der Waals surface area contributed by atoms with Crippen molar-refractivity contribution >= 4 is 33.5 Å². The van der Waals surface area contributed by atoms with E-state index in [1.807, 2.05) is 0 Å². The number of aromatic carboxylic acids is 1. The van der Waals surface area contributed by atoms with Gasteiger partial charge in [0.1, 0.15) is 5.82 Å². The minimum atomic E-state index is -1.19. The van der Waals surface area contributed by atoms with Crippen molar-refractivity contribution < 1.29 is 19.1 Å². The fourth-order valence-corrected chi connectivity index (χ4v) is 2.41. The number of carbonyl (C=O) groups excluding carboxylic acids is 1. The molecule has 1 fully saturated rings. The minimum absolute atomic E-state index is 0.125. The van der Waals surface area contributed by atoms with Gasteiger partial charge in [0.15, 0.2) is 0 Å². The van der Waals surface area contributed by atoms with Crippen LogP contribution in [-0.4, -0.2) is 28.9 Å². The number of nitrogens with zero attached hydrogens (tertiary/aromatic N) is 1. The van der Waals surface area contributed by atoms with E-state index in [0.29, 0.717) is 18.3 Å². The smallest absolute Gasteiger partial charge is 0.335 e. The van der Waals surface area contributed by atoms with Crippen LogP contribution in [-0.2, 0) is 4.79 Å². The number of carbonyl (C=O) groups is 2. The Morgan fingerprint density at radius 3 is 2.78 bits per heavy atom. The SMILES string of the molecule is O=C(O)c1ccc(N2CC(CBr)CC2=O)c(F)c1. The lowest BCUT2D eigenvalue weighted by atomic mass is 10.1. The molecule has 1 unspecified atom stereocenters. The van der Waals surface area contributed by atoms with Gasteiger partial charge in [-0.25, -0.2) is 9.18 Å². The summed E-state index contributed by atoms with van der Waals surface area (Å²) in [5, 5.41) is 9.43. The molecule has 0 spiro atoms. The van der Waals surface area contributed by atoms with Crippen LogP contribution in [0.3, 0.4) is 0 Å². The molecule has 1 N–H and O–H groups in total. The lowest BCUT2D eigenvalue weighted by Crippen LogP contribution is -2.25. The van der Waals surface area contributed by atoms with Crippen molar-refractivity contribution in [3.63, 3.8) is 0 Å². The lowest BCUT2D eigenvalue weighted by Gasteiger charge is -2.17. The van der Waals surface area contributed by atoms with Crippen LogP contribution in [0, 0.1) is 11.7 Å². The number of anilines is 1. The Kier molecular flexibility index (Phi) is 3.65. The second-order valence-corrected chi connectivity index (χ2v) is 4.85. The third-order valence-electron chi connectivity index (χ3n) is 2.91. The van der Waals surface area contributed by atoms with Gasteiger partial charge in [0, 0.05) is 18.3 Å². The average Bonchev–Trinajstić information content (AvgIpc) is 2.70. The van der Waals surface area contributed by atoms with Crippen LogP contribution in [0.5, 0.6) is 0 Å². The molecule has 1 atom stereocenters. The molecule has 4 nitrogen and oxygen atoms in total. The Hall–Kier alpha value is -1.43. The first kappa shape index (κ1) is 13.0. The van der Waals surface area contributed by atoms with E-state index in [2.05, 4.69) is 15.9 Å². The van der Waals surface area contributed by atoms with Crippen molar-refractivity contribution in [2.45, 2.75) is 6.42 Å². The van der Waals surface area contributed by atoms with E-state index >= 15 is 0 Å². The highest BCUT2D eigenvalue weighted by Crippen LogP contribution is 2.28. The predicted octanol–water partition coefficient (Wildman–Crippen LogP) is 2.27. The molecular formula is C12H11BrFNO3. The van der Waals surface area contributed by atoms with Crippen molar-refractivity contribution in [2.75, 3.05) is 16.8 Å². The summed E-state index contributed by atoms with van der Waals surface area (Å²) in [6.07, 6.45) is 0.380. The maximum Gasteiger partial charge on any atom is 0.335 e. The zero-order valence-electron chi connectivity index (χ0n) is 9.40. The van der Waals surface area contributed by atoms with E-state index in [1.54, 1.807) is 0 Å². The molecule has 2 rings (SSSR count). The normalized spacial score (nSPS) is 19.3. The zero-order valence-corrected chi connectivity index (χ0v) is 11.0. The van der Waals surface area contributed by atoms with Crippen molar-refractivity contribution in [3.8, 4) is 0 Å². The number of amides is 1. The molecule has 1 aromatic carbocycles. The molecule has 0 aliphatic carbocycles. The topological polar surface area (TPSA) is 57.6 Å². The van der Waals surface area contributed by atoms with E-state index < -0.39 is 11.8 Å². The Balaban J connectivity index is 2.29. The highest BCUT2D eigenvalue weighted by molar-refractivity contribution is 9.09. The Labute approximate surface area is 112 Å². The summed E-state index contributed by atoms with van der Waals surface area (Å²) in [7, 11) is 0. The number of alkyl halides is 1. The molecule has 1 heterocycles. The molecule has 0 aromatic heterocycles. The van der Waals surface area contributed by atoms with Gasteiger partial charge in [0.2, 0.25) is 5.91 Å². The molecule has 0 radical (unpaired) electrons. The number of hydrogen-bond donors (Lipinski definition) is 1. The predicted molar refractivity (Wildman–Crippen MR) is 67.6 cm³/mol. The molecule has 96 valence electrons. The molecule has 0 bridgehead atoms. The number of hydrogen-bond acceptors (Lipinski definition) is 2. The number of carboxylic acids is 1. The summed E-state index contributed by atoms with van der Waals surface area (Å²) in [5.41, 5.74) is 0.0217. The first-order valence-electron chi connectivity index (χ1n) is 5.42. The Bertz CT molecular complexity index is 506. The van der Waals surface area contributed by atoms with Gasteiger partial charge in [-0.1, -0.05) is 15.9 Å². The number of halogens is 2. The van der Waals surface area contributed by atoms with Gasteiger partial charge in [-0.05, 0) is 24.1 Å². The molecule has 6 heteroatoms. The van der Waals surface area contributed by atoms with Gasteiger partial charge in [0.05, 0.1) is 11.3 Å². The van der Waals surface area contributed by atoms with Crippen molar-refractivity contribution in [1.29, 1.82) is 0 Å². The van der Waals surface area contributed by atoms with Crippen LogP contribution < -0.4 is 4.90 Å². The monoisotopic (exact) mass is 315 g/mol. The minimum Gasteiger partial charge on any atom is -0.478 e. The molecule has 1 amide bonds. The fraction of sp³-hybridized carbons (Fsp3) is 0.333. The third kappa shape index (κ3) is 2.38. The standard InChI is InChI=1S/C12H11BrFNO3/c13-5-7-3-11(16)15(6-7)10-2-1-8(12(17)18)4-9(10)14/h1-2,4,7H,3,5-6H2,(H,17,18). The molecular weight excluding hydrogens is 305 g/mol. The highest BCUT2D eigenvalue weighted by Gasteiger charge is 2.31. The average molecular weight is 316 g/mol. The largest absolute Gasteiger partial charge is 0.478 e. The molecule has 1 aliphatic heterocycles. The number of benzene rings is 1. The van der Waals surface area contributed by atoms with Gasteiger partial charge >= 0.3 is 5.97 Å². The summed E-state index contributed by atoms with van der Waals surface area (Å²) < 4.78 is 13.8. The van der Waals surface area contributed by atoms with Crippen molar-refractivity contribution in [2.24, 2.45) is 5.92 Å². The highest BCUT2D eigenvalue weighted by atomic mass is 79.9. The van der Waals surface area contributed by atoms with Crippen LogP contribution >= 0.6 is 15.9 Å². The van der Waals surface area contributed by atoms with Gasteiger partial charge in [0.25, 0.3) is 0 Å². The van der Waals surface area contributed by atoms with Crippen LogP contribution in [0.4, 0.5) is 10.1 Å². The molecule has 0 saturated carbocycles. The molecule has 1 saturated heterocycles. The summed E-state index contributed by atoms with van der Waals surface area (Å²) in [6.45, 7) is 0.452. The lowest BCUT2D eigenvalue weighted by molar-refractivity contribution is -0.117. The quantitative estimate of drug-likeness (QED) is 0.870.